The van der Waals surface area contributed by atoms with Gasteiger partial charge < -0.3 is 60.8 Å². The van der Waals surface area contributed by atoms with Gasteiger partial charge in [-0.25, -0.2) is 4.79 Å². The number of carbonyl (C=O) groups excluding carboxylic acids is 4. The number of aliphatic imine (C=N–C) groups is 3. The van der Waals surface area contributed by atoms with Gasteiger partial charge in [0.1, 0.15) is 18.1 Å². The van der Waals surface area contributed by atoms with Gasteiger partial charge in [0.2, 0.25) is 23.6 Å². The van der Waals surface area contributed by atoms with Crippen molar-refractivity contribution in [2.45, 2.75) is 56.7 Å². The first-order valence-electron chi connectivity index (χ1n) is 12.9. The lowest BCUT2D eigenvalue weighted by Crippen LogP contribution is -2.56. The van der Waals surface area contributed by atoms with Crippen LogP contribution in [0.2, 0.25) is 0 Å². The number of nitrogens with two attached hydrogens (primary N) is 6. The van der Waals surface area contributed by atoms with Gasteiger partial charge in [-0.15, -0.1) is 0 Å². The molecule has 238 valence electrons. The van der Waals surface area contributed by atoms with Gasteiger partial charge in [0.05, 0.1) is 11.9 Å². The van der Waals surface area contributed by atoms with Gasteiger partial charge >= 0.3 is 5.97 Å². The van der Waals surface area contributed by atoms with Crippen LogP contribution in [-0.4, -0.2) is 102 Å². The fraction of sp³-hybridized carbons (Fsp3) is 0.636. The highest BCUT2D eigenvalue weighted by molar-refractivity contribution is 9.09. The molecule has 0 bridgehead atoms. The quantitative estimate of drug-likeness (QED) is 0.0238. The number of carboxylic acid groups (broad SMARTS) is 1. The fourth-order valence-corrected chi connectivity index (χ4v) is 3.52. The number of carbonyl (C=O) groups is 5. The predicted molar refractivity (Wildman–Crippen MR) is 160 cm³/mol. The lowest BCUT2D eigenvalue weighted by molar-refractivity contribution is -0.142. The average molecular weight is 665 g/mol. The molecule has 0 aliphatic rings. The minimum absolute atomic E-state index is 0.0100. The molecule has 0 saturated heterocycles. The first-order valence-corrected chi connectivity index (χ1v) is 14.0. The van der Waals surface area contributed by atoms with E-state index in [-0.39, 0.29) is 81.4 Å². The molecule has 0 fully saturated rings. The number of hydrogen-bond donors (Lipinski definition) is 11. The van der Waals surface area contributed by atoms with E-state index in [1.807, 2.05) is 0 Å². The molecule has 0 aliphatic heterocycles. The molecule has 0 aromatic carbocycles. The maximum atomic E-state index is 13.2. The smallest absolute Gasteiger partial charge is 0.326 e. The summed E-state index contributed by atoms with van der Waals surface area (Å²) >= 11 is 2.96. The standard InChI is InChI=1S/C22H42BrN13O6/c23-10-15(37)33-11-16(38)34-12(4-1-7-30-20(24)25)17(39)35-13(5-2-8-31-21(26)27)18(40)36-14(19(41)42)6-3-9-32-22(28)29/h12-14H,1-11H2,(H,33,37)(H,34,38)(H,35,39)(H,36,40)(H,41,42)(H4,24,25,30)(H4,26,27,31)(H4,28,29,32)/t12-,13-,14-/m0/s1. The number of nitrogens with zero attached hydrogens (tertiary/aromatic N) is 3. The van der Waals surface area contributed by atoms with Crippen LogP contribution in [0.1, 0.15) is 38.5 Å². The largest absolute Gasteiger partial charge is 0.480 e. The summed E-state index contributed by atoms with van der Waals surface area (Å²) in [6, 6.07) is -3.65. The van der Waals surface area contributed by atoms with Crippen LogP contribution in [0.25, 0.3) is 0 Å². The number of nitrogens with one attached hydrogen (secondary N) is 4. The zero-order valence-electron chi connectivity index (χ0n) is 23.2. The molecule has 0 aliphatic carbocycles. The van der Waals surface area contributed by atoms with E-state index in [9.17, 15) is 29.1 Å². The Balaban J connectivity index is 5.71. The number of alkyl halides is 1. The van der Waals surface area contributed by atoms with E-state index in [2.05, 4.69) is 52.2 Å². The molecule has 3 atom stereocenters. The predicted octanol–water partition coefficient (Wildman–Crippen LogP) is -4.80. The van der Waals surface area contributed by atoms with Gasteiger partial charge in [0.25, 0.3) is 0 Å². The molecule has 20 heteroatoms. The first kappa shape index (κ1) is 37.6. The maximum absolute atomic E-state index is 13.2. The lowest BCUT2D eigenvalue weighted by Gasteiger charge is -2.24. The highest BCUT2D eigenvalue weighted by atomic mass is 79.9. The molecule has 0 spiro atoms. The van der Waals surface area contributed by atoms with Crippen molar-refractivity contribution in [3.8, 4) is 0 Å². The Labute approximate surface area is 251 Å². The Morgan fingerprint density at radius 1 is 0.619 bits per heavy atom. The summed E-state index contributed by atoms with van der Waals surface area (Å²) in [5.74, 6) is -4.38. The van der Waals surface area contributed by atoms with E-state index >= 15 is 0 Å². The highest BCUT2D eigenvalue weighted by Crippen LogP contribution is 2.06. The van der Waals surface area contributed by atoms with E-state index in [0.717, 1.165) is 0 Å². The highest BCUT2D eigenvalue weighted by Gasteiger charge is 2.29. The van der Waals surface area contributed by atoms with Crippen molar-refractivity contribution in [2.24, 2.45) is 49.4 Å². The monoisotopic (exact) mass is 663 g/mol. The van der Waals surface area contributed by atoms with Gasteiger partial charge in [0.15, 0.2) is 17.9 Å². The molecule has 0 aromatic rings. The maximum Gasteiger partial charge on any atom is 0.326 e. The zero-order valence-corrected chi connectivity index (χ0v) is 24.8. The number of hydrogen-bond acceptors (Lipinski definition) is 8. The van der Waals surface area contributed by atoms with Crippen LogP contribution >= 0.6 is 15.9 Å². The van der Waals surface area contributed by atoms with Crippen molar-refractivity contribution < 1.29 is 29.1 Å². The van der Waals surface area contributed by atoms with Crippen LogP contribution in [0.4, 0.5) is 0 Å². The van der Waals surface area contributed by atoms with Gasteiger partial charge in [-0.3, -0.25) is 34.2 Å². The molecule has 0 unspecified atom stereocenters. The third-order valence-electron chi connectivity index (χ3n) is 5.30. The number of guanidine groups is 3. The summed E-state index contributed by atoms with van der Waals surface area (Å²) in [6.45, 7) is 0.0440. The van der Waals surface area contributed by atoms with E-state index in [1.165, 1.54) is 0 Å². The van der Waals surface area contributed by atoms with Crippen LogP contribution in [0.3, 0.4) is 0 Å². The molecule has 4 amide bonds. The number of carboxylic acids is 1. The van der Waals surface area contributed by atoms with Crippen LogP contribution in [-0.2, 0) is 24.0 Å². The number of rotatable bonds is 21. The van der Waals surface area contributed by atoms with E-state index in [1.54, 1.807) is 0 Å². The topological polar surface area (TPSA) is 347 Å². The second-order valence-corrected chi connectivity index (χ2v) is 9.40. The SMILES string of the molecule is NC(N)=NCCC[C@H](NC(=O)[C@H](CCCN=C(N)N)NC(=O)[C@H](CCCN=C(N)N)NC(=O)CNC(=O)CBr)C(=O)O. The zero-order chi connectivity index (χ0) is 32.1. The van der Waals surface area contributed by atoms with Gasteiger partial charge in [0, 0.05) is 19.6 Å². The van der Waals surface area contributed by atoms with Crippen LogP contribution in [0, 0.1) is 0 Å². The second-order valence-electron chi connectivity index (χ2n) is 8.84. The Morgan fingerprint density at radius 2 is 1.00 bits per heavy atom. The van der Waals surface area contributed by atoms with Gasteiger partial charge in [-0.2, -0.15) is 0 Å². The molecule has 0 radical (unpaired) electrons. The second kappa shape index (κ2) is 21.4. The molecule has 0 saturated carbocycles. The Kier molecular flexibility index (Phi) is 19.2. The number of aliphatic carboxylic acids is 1. The minimum Gasteiger partial charge on any atom is -0.480 e. The molecule has 42 heavy (non-hydrogen) atoms. The van der Waals surface area contributed by atoms with Crippen molar-refractivity contribution in [1.82, 2.24) is 21.3 Å². The summed E-state index contributed by atoms with van der Waals surface area (Å²) in [4.78, 5) is 73.5. The van der Waals surface area contributed by atoms with Crippen molar-refractivity contribution in [3.63, 3.8) is 0 Å². The molecule has 0 aromatic heterocycles. The van der Waals surface area contributed by atoms with Crippen molar-refractivity contribution >= 4 is 63.4 Å². The Bertz CT molecular complexity index is 995. The average Bonchev–Trinajstić information content (AvgIpc) is 2.91. The summed E-state index contributed by atoms with van der Waals surface area (Å²) in [6.07, 6.45) is 0.902. The molecule has 0 rings (SSSR count). The minimum atomic E-state index is -1.30. The van der Waals surface area contributed by atoms with Gasteiger partial charge in [-0.1, -0.05) is 15.9 Å². The summed E-state index contributed by atoms with van der Waals surface area (Å²) in [7, 11) is 0. The molecular weight excluding hydrogens is 622 g/mol. The van der Waals surface area contributed by atoms with Crippen molar-refractivity contribution in [3.05, 3.63) is 0 Å². The molecule has 19 nitrogen and oxygen atoms in total. The van der Waals surface area contributed by atoms with Gasteiger partial charge in [-0.05, 0) is 38.5 Å². The molecule has 17 N–H and O–H groups in total. The summed E-state index contributed by atoms with van der Waals surface area (Å²) in [5.41, 5.74) is 31.9. The van der Waals surface area contributed by atoms with E-state index < -0.39 is 54.3 Å². The van der Waals surface area contributed by atoms with E-state index in [4.69, 9.17) is 34.4 Å². The Morgan fingerprint density at radius 3 is 1.38 bits per heavy atom. The molecular formula is C22H42BrN13O6. The summed E-state index contributed by atoms with van der Waals surface area (Å²) < 4.78 is 0. The molecule has 0 heterocycles. The fourth-order valence-electron chi connectivity index (χ4n) is 3.32. The van der Waals surface area contributed by atoms with Crippen LogP contribution in [0.15, 0.2) is 15.0 Å². The lowest BCUT2D eigenvalue weighted by atomic mass is 10.1. The Hall–Kier alpha value is -4.36. The van der Waals surface area contributed by atoms with E-state index in [0.29, 0.717) is 0 Å². The number of amides is 4. The normalized spacial score (nSPS) is 12.4. The third-order valence-corrected chi connectivity index (χ3v) is 5.81. The number of halogens is 1. The van der Waals surface area contributed by atoms with Crippen LogP contribution in [0.5, 0.6) is 0 Å². The van der Waals surface area contributed by atoms with Crippen molar-refractivity contribution in [1.29, 1.82) is 0 Å². The third kappa shape index (κ3) is 18.8. The van der Waals surface area contributed by atoms with Crippen LogP contribution < -0.4 is 55.7 Å². The first-order chi connectivity index (χ1) is 19.8. The van der Waals surface area contributed by atoms with Crippen molar-refractivity contribution in [2.75, 3.05) is 31.5 Å². The summed E-state index contributed by atoms with van der Waals surface area (Å²) in [5, 5.41) is 19.4.